The van der Waals surface area contributed by atoms with Crippen LogP contribution in [0, 0.1) is 6.92 Å². The van der Waals surface area contributed by atoms with Crippen LogP contribution in [-0.2, 0) is 0 Å². The van der Waals surface area contributed by atoms with E-state index in [9.17, 15) is 0 Å². The largest absolute Gasteiger partial charge is 0.350 e. The summed E-state index contributed by atoms with van der Waals surface area (Å²) in [5.74, 6) is 0.670. The van der Waals surface area contributed by atoms with Crippen LogP contribution < -0.4 is 10.6 Å². The summed E-state index contributed by atoms with van der Waals surface area (Å²) in [5.41, 5.74) is 5.72. The Morgan fingerprint density at radius 1 is 1.22 bits per heavy atom. The number of pyridine rings is 1. The van der Waals surface area contributed by atoms with Gasteiger partial charge >= 0.3 is 0 Å². The molecule has 0 aliphatic carbocycles. The van der Waals surface area contributed by atoms with Crippen molar-refractivity contribution in [1.82, 2.24) is 24.9 Å². The Labute approximate surface area is 159 Å². The summed E-state index contributed by atoms with van der Waals surface area (Å²) in [5, 5.41) is 11.4. The van der Waals surface area contributed by atoms with E-state index in [4.69, 9.17) is 4.98 Å². The number of fused-ring (bicyclic) bond motifs is 1. The number of aliphatic imine (C=N–C) groups is 1. The smallest absolute Gasteiger partial charge is 0.241 e. The first-order valence-corrected chi connectivity index (χ1v) is 9.42. The first kappa shape index (κ1) is 17.6. The van der Waals surface area contributed by atoms with Gasteiger partial charge in [-0.3, -0.25) is 9.98 Å². The minimum atomic E-state index is 0.429. The average Bonchev–Trinajstić information content (AvgIpc) is 3.07. The molecule has 1 fully saturated rings. The van der Waals surface area contributed by atoms with Crippen LogP contribution in [0.15, 0.2) is 35.6 Å². The van der Waals surface area contributed by atoms with Crippen LogP contribution in [0.3, 0.4) is 0 Å². The van der Waals surface area contributed by atoms with Crippen LogP contribution in [0.2, 0.25) is 0 Å². The summed E-state index contributed by atoms with van der Waals surface area (Å²) >= 11 is 0. The molecule has 1 aliphatic rings. The Kier molecular flexibility index (Phi) is 4.85. The third-order valence-electron chi connectivity index (χ3n) is 4.77. The first-order valence-electron chi connectivity index (χ1n) is 9.42. The molecule has 140 valence electrons. The summed E-state index contributed by atoms with van der Waals surface area (Å²) in [7, 11) is 0. The van der Waals surface area contributed by atoms with Crippen LogP contribution in [0.1, 0.15) is 32.4 Å². The van der Waals surface area contributed by atoms with Gasteiger partial charge in [-0.2, -0.15) is 0 Å². The lowest BCUT2D eigenvalue weighted by molar-refractivity contribution is 0.476. The highest BCUT2D eigenvalue weighted by Gasteiger charge is 2.15. The Bertz CT molecular complexity index is 979. The molecule has 0 spiro atoms. The number of hydrogen-bond acceptors (Lipinski definition) is 6. The zero-order chi connectivity index (χ0) is 18.8. The monoisotopic (exact) mass is 363 g/mol. The molecule has 0 aromatic carbocycles. The average molecular weight is 363 g/mol. The van der Waals surface area contributed by atoms with Crippen molar-refractivity contribution in [3.63, 3.8) is 0 Å². The van der Waals surface area contributed by atoms with Gasteiger partial charge in [-0.1, -0.05) is 0 Å². The molecule has 0 atom stereocenters. The molecule has 7 heteroatoms. The third-order valence-corrected chi connectivity index (χ3v) is 4.77. The van der Waals surface area contributed by atoms with Crippen LogP contribution in [-0.4, -0.2) is 44.4 Å². The van der Waals surface area contributed by atoms with Crippen molar-refractivity contribution in [1.29, 1.82) is 0 Å². The molecule has 0 unspecified atom stereocenters. The highest BCUT2D eigenvalue weighted by Crippen LogP contribution is 2.27. The lowest BCUT2D eigenvalue weighted by Gasteiger charge is -2.23. The van der Waals surface area contributed by atoms with Crippen LogP contribution in [0.5, 0.6) is 0 Å². The van der Waals surface area contributed by atoms with Gasteiger partial charge in [-0.15, -0.1) is 5.10 Å². The zero-order valence-electron chi connectivity index (χ0n) is 16.0. The molecule has 0 bridgehead atoms. The van der Waals surface area contributed by atoms with E-state index in [1.807, 2.05) is 55.9 Å². The lowest BCUT2D eigenvalue weighted by atomic mass is 10.1. The topological polar surface area (TPSA) is 79.5 Å². The van der Waals surface area contributed by atoms with Crippen molar-refractivity contribution >= 4 is 22.9 Å². The van der Waals surface area contributed by atoms with Crippen molar-refractivity contribution in [2.75, 3.05) is 18.4 Å². The molecule has 1 saturated heterocycles. The number of aromatic nitrogens is 4. The fraction of sp³-hybridized carbons (Fsp3) is 0.400. The van der Waals surface area contributed by atoms with E-state index in [1.165, 1.54) is 0 Å². The fourth-order valence-electron chi connectivity index (χ4n) is 3.39. The number of nitrogens with one attached hydrogen (secondary N) is 2. The van der Waals surface area contributed by atoms with Crippen LogP contribution >= 0.6 is 0 Å². The summed E-state index contributed by atoms with van der Waals surface area (Å²) in [6.45, 7) is 8.04. The Morgan fingerprint density at radius 2 is 2.04 bits per heavy atom. The number of nitrogens with zero attached hydrogens (tertiary/aromatic N) is 5. The molecule has 7 nitrogen and oxygen atoms in total. The molecule has 2 N–H and O–H groups in total. The quantitative estimate of drug-likeness (QED) is 0.695. The first-order chi connectivity index (χ1) is 13.1. The molecular weight excluding hydrogens is 338 g/mol. The zero-order valence-corrected chi connectivity index (χ0v) is 16.0. The molecule has 4 rings (SSSR count). The molecule has 0 saturated carbocycles. The third kappa shape index (κ3) is 3.83. The summed E-state index contributed by atoms with van der Waals surface area (Å²) < 4.78 is 1.87. The predicted molar refractivity (Wildman–Crippen MR) is 109 cm³/mol. The van der Waals surface area contributed by atoms with Gasteiger partial charge < -0.3 is 10.6 Å². The lowest BCUT2D eigenvalue weighted by Crippen LogP contribution is -2.35. The molecular formula is C20H25N7. The highest BCUT2D eigenvalue weighted by atomic mass is 15.3. The van der Waals surface area contributed by atoms with Gasteiger partial charge in [-0.25, -0.2) is 9.50 Å². The SMILES string of the molecule is CC(C)=Nc1ccc(-c2ccn3nc(NC4CCNCC4)ncc23)nc1C. The van der Waals surface area contributed by atoms with Gasteiger partial charge in [0.05, 0.1) is 28.8 Å². The van der Waals surface area contributed by atoms with Crippen molar-refractivity contribution in [2.45, 2.75) is 39.7 Å². The molecule has 0 amide bonds. The highest BCUT2D eigenvalue weighted by molar-refractivity contribution is 5.83. The molecule has 27 heavy (non-hydrogen) atoms. The van der Waals surface area contributed by atoms with Gasteiger partial charge in [0.25, 0.3) is 0 Å². The molecule has 1 aliphatic heterocycles. The predicted octanol–water partition coefficient (Wildman–Crippen LogP) is 3.38. The number of anilines is 1. The summed E-state index contributed by atoms with van der Waals surface area (Å²) in [4.78, 5) is 13.8. The van der Waals surface area contributed by atoms with E-state index in [2.05, 4.69) is 25.7 Å². The van der Waals surface area contributed by atoms with Crippen molar-refractivity contribution in [3.05, 3.63) is 36.3 Å². The van der Waals surface area contributed by atoms with Crippen molar-refractivity contribution < 1.29 is 0 Å². The summed E-state index contributed by atoms with van der Waals surface area (Å²) in [6, 6.07) is 6.49. The standard InChI is InChI=1S/C20H25N7/c1-13(2)23-17-4-5-18(24-14(17)3)16-8-11-27-19(16)12-22-20(26-27)25-15-6-9-21-10-7-15/h4-5,8,11-12,15,21H,6-7,9-10H2,1-3H3,(H,25,26). The van der Waals surface area contributed by atoms with Gasteiger partial charge in [0, 0.05) is 23.5 Å². The van der Waals surface area contributed by atoms with E-state index in [0.29, 0.717) is 12.0 Å². The van der Waals surface area contributed by atoms with Gasteiger partial charge in [0.1, 0.15) is 0 Å². The van der Waals surface area contributed by atoms with Gasteiger partial charge in [-0.05, 0) is 64.9 Å². The maximum absolute atomic E-state index is 4.74. The number of hydrogen-bond donors (Lipinski definition) is 2. The normalized spacial score (nSPS) is 15.1. The van der Waals surface area contributed by atoms with E-state index in [1.54, 1.807) is 0 Å². The second-order valence-electron chi connectivity index (χ2n) is 7.17. The molecule has 3 aromatic heterocycles. The Balaban J connectivity index is 1.61. The maximum atomic E-state index is 4.74. The van der Waals surface area contributed by atoms with Crippen molar-refractivity contribution in [2.24, 2.45) is 4.99 Å². The van der Waals surface area contributed by atoms with Crippen molar-refractivity contribution in [3.8, 4) is 11.3 Å². The van der Waals surface area contributed by atoms with E-state index >= 15 is 0 Å². The Morgan fingerprint density at radius 3 is 2.78 bits per heavy atom. The minimum absolute atomic E-state index is 0.429. The maximum Gasteiger partial charge on any atom is 0.241 e. The van der Waals surface area contributed by atoms with Crippen LogP contribution in [0.25, 0.3) is 16.8 Å². The van der Waals surface area contributed by atoms with Crippen LogP contribution in [0.4, 0.5) is 11.6 Å². The molecule has 3 aromatic rings. The fourth-order valence-corrected chi connectivity index (χ4v) is 3.39. The summed E-state index contributed by atoms with van der Waals surface area (Å²) in [6.07, 6.45) is 6.01. The number of piperidine rings is 1. The molecule has 4 heterocycles. The Hall–Kier alpha value is -2.80. The number of rotatable bonds is 4. The van der Waals surface area contributed by atoms with E-state index in [-0.39, 0.29) is 0 Å². The molecule has 0 radical (unpaired) electrons. The second kappa shape index (κ2) is 7.44. The van der Waals surface area contributed by atoms with Gasteiger partial charge in [0.2, 0.25) is 5.95 Å². The van der Waals surface area contributed by atoms with Gasteiger partial charge in [0.15, 0.2) is 0 Å². The second-order valence-corrected chi connectivity index (χ2v) is 7.17. The number of aryl methyl sites for hydroxylation is 1. The van der Waals surface area contributed by atoms with E-state index < -0.39 is 0 Å². The minimum Gasteiger partial charge on any atom is -0.350 e. The van der Waals surface area contributed by atoms with E-state index in [0.717, 1.165) is 59.8 Å².